The number of nitrogens with zero attached hydrogens (tertiary/aromatic N) is 3. The maximum absolute atomic E-state index is 13.9. The van der Waals surface area contributed by atoms with Crippen LogP contribution < -0.4 is 24.5 Å². The molecule has 9 heteroatoms. The highest BCUT2D eigenvalue weighted by Crippen LogP contribution is 2.32. The summed E-state index contributed by atoms with van der Waals surface area (Å²) in [6, 6.07) is 12.4. The maximum atomic E-state index is 13.9. The third-order valence-corrected chi connectivity index (χ3v) is 7.64. The van der Waals surface area contributed by atoms with E-state index in [1.807, 2.05) is 36.4 Å². The minimum Gasteiger partial charge on any atom is -0.496 e. The van der Waals surface area contributed by atoms with Gasteiger partial charge < -0.3 is 14.4 Å². The number of benzene rings is 2. The Labute approximate surface area is 231 Å². The predicted octanol–water partition coefficient (Wildman–Crippen LogP) is 4.70. The Morgan fingerprint density at radius 2 is 1.87 bits per heavy atom. The highest BCUT2D eigenvalue weighted by Gasteiger charge is 2.33. The van der Waals surface area contributed by atoms with Gasteiger partial charge in [-0.1, -0.05) is 35.1 Å². The summed E-state index contributed by atoms with van der Waals surface area (Å²) in [5, 5.41) is 0.563. The number of methoxy groups -OCH3 is 1. The molecule has 1 unspecified atom stereocenters. The lowest BCUT2D eigenvalue weighted by molar-refractivity contribution is -0.143. The van der Waals surface area contributed by atoms with Crippen LogP contribution in [0.2, 0.25) is 5.02 Å². The Kier molecular flexibility index (Phi) is 8.43. The Balaban J connectivity index is 1.90. The first-order valence-corrected chi connectivity index (χ1v) is 13.8. The van der Waals surface area contributed by atoms with Crippen LogP contribution in [-0.2, 0) is 9.53 Å². The van der Waals surface area contributed by atoms with Crippen LogP contribution in [0, 0.1) is 0 Å². The lowest BCUT2D eigenvalue weighted by atomic mass is 9.96. The lowest BCUT2D eigenvalue weighted by Gasteiger charge is -2.25. The van der Waals surface area contributed by atoms with Gasteiger partial charge in [-0.3, -0.25) is 9.36 Å². The molecule has 7 nitrogen and oxygen atoms in total. The van der Waals surface area contributed by atoms with Crippen molar-refractivity contribution in [3.05, 3.63) is 89.6 Å². The van der Waals surface area contributed by atoms with Crippen LogP contribution in [0.4, 0.5) is 5.69 Å². The van der Waals surface area contributed by atoms with E-state index in [1.165, 1.54) is 11.3 Å². The molecule has 0 amide bonds. The highest BCUT2D eigenvalue weighted by molar-refractivity contribution is 7.07. The summed E-state index contributed by atoms with van der Waals surface area (Å²) in [6.45, 7) is 11.3. The largest absolute Gasteiger partial charge is 0.496 e. The van der Waals surface area contributed by atoms with Gasteiger partial charge in [-0.15, -0.1) is 0 Å². The van der Waals surface area contributed by atoms with Gasteiger partial charge in [-0.2, -0.15) is 0 Å². The molecule has 4 rings (SSSR count). The van der Waals surface area contributed by atoms with Crippen molar-refractivity contribution in [2.24, 2.45) is 4.99 Å². The van der Waals surface area contributed by atoms with Crippen molar-refractivity contribution >= 4 is 40.7 Å². The van der Waals surface area contributed by atoms with Crippen molar-refractivity contribution in [1.82, 2.24) is 4.57 Å². The predicted molar refractivity (Wildman–Crippen MR) is 153 cm³/mol. The number of ether oxygens (including phenoxy) is 2. The molecule has 1 aliphatic heterocycles. The molecule has 0 fully saturated rings. The van der Waals surface area contributed by atoms with Gasteiger partial charge in [0.15, 0.2) is 4.80 Å². The zero-order chi connectivity index (χ0) is 27.6. The summed E-state index contributed by atoms with van der Waals surface area (Å²) in [5.74, 6) is 0.177. The number of anilines is 1. The van der Waals surface area contributed by atoms with Gasteiger partial charge in [-0.05, 0) is 70.5 Å². The molecule has 200 valence electrons. The van der Waals surface area contributed by atoms with Gasteiger partial charge in [0.2, 0.25) is 0 Å². The van der Waals surface area contributed by atoms with E-state index in [9.17, 15) is 9.59 Å². The Morgan fingerprint density at radius 1 is 1.18 bits per heavy atom. The van der Waals surface area contributed by atoms with Gasteiger partial charge in [0.25, 0.3) is 5.56 Å². The van der Waals surface area contributed by atoms with E-state index in [2.05, 4.69) is 23.7 Å². The van der Waals surface area contributed by atoms with E-state index in [-0.39, 0.29) is 11.7 Å². The molecule has 0 spiro atoms. The molecule has 1 aliphatic rings. The number of hydrogen-bond acceptors (Lipinski definition) is 7. The van der Waals surface area contributed by atoms with Gasteiger partial charge >= 0.3 is 5.97 Å². The number of carbonyl (C=O) groups excluding carboxylic acids is 1. The molecule has 2 heterocycles. The minimum atomic E-state index is -0.691. The fourth-order valence-electron chi connectivity index (χ4n) is 4.57. The SMILES string of the molecule is CCN(CC)c1ccc(/C=c2\sc3n(c2=O)C(c2ccc(Cl)cc2)C(C(=O)OC(C)C)=C(C)N=3)c(OC)c1. The average molecular weight is 554 g/mol. The molecule has 1 atom stereocenters. The molecule has 0 N–H and O–H groups in total. The quantitative estimate of drug-likeness (QED) is 0.378. The molecule has 0 bridgehead atoms. The molecule has 38 heavy (non-hydrogen) atoms. The van der Waals surface area contributed by atoms with Crippen LogP contribution in [-0.4, -0.2) is 36.8 Å². The standard InChI is InChI=1S/C29H32ClN3O4S/c1-7-32(8-2)22-14-11-20(23(16-22)36-6)15-24-27(34)33-26(19-9-12-21(30)13-10-19)25(28(35)37-17(3)4)18(5)31-29(33)38-24/h9-17,26H,7-8H2,1-6H3/b24-15-. The number of fused-ring (bicyclic) bond motifs is 1. The summed E-state index contributed by atoms with van der Waals surface area (Å²) < 4.78 is 13.3. The smallest absolute Gasteiger partial charge is 0.338 e. The zero-order valence-corrected chi connectivity index (χ0v) is 24.0. The van der Waals surface area contributed by atoms with Crippen LogP contribution in [0.5, 0.6) is 5.75 Å². The molecule has 3 aromatic rings. The summed E-state index contributed by atoms with van der Waals surface area (Å²) in [7, 11) is 1.62. The average Bonchev–Trinajstić information content (AvgIpc) is 3.18. The first-order chi connectivity index (χ1) is 18.2. The number of carbonyl (C=O) groups is 1. The third kappa shape index (κ3) is 5.42. The van der Waals surface area contributed by atoms with Gasteiger partial charge in [0, 0.05) is 35.4 Å². The van der Waals surface area contributed by atoms with Crippen LogP contribution in [0.3, 0.4) is 0 Å². The fraction of sp³-hybridized carbons (Fsp3) is 0.345. The van der Waals surface area contributed by atoms with Crippen LogP contribution >= 0.6 is 22.9 Å². The van der Waals surface area contributed by atoms with Crippen LogP contribution in [0.15, 0.2) is 63.5 Å². The lowest BCUT2D eigenvalue weighted by Crippen LogP contribution is -2.40. The van der Waals surface area contributed by atoms with E-state index in [1.54, 1.807) is 44.6 Å². The van der Waals surface area contributed by atoms with Crippen molar-refractivity contribution in [3.63, 3.8) is 0 Å². The summed E-state index contributed by atoms with van der Waals surface area (Å²) in [4.78, 5) is 34.5. The van der Waals surface area contributed by atoms with Gasteiger partial charge in [0.1, 0.15) is 5.75 Å². The molecule has 0 saturated carbocycles. The third-order valence-electron chi connectivity index (χ3n) is 6.40. The molecule has 0 radical (unpaired) electrons. The molecule has 2 aromatic carbocycles. The van der Waals surface area contributed by atoms with Crippen molar-refractivity contribution < 1.29 is 14.3 Å². The van der Waals surface area contributed by atoms with Crippen molar-refractivity contribution in [2.75, 3.05) is 25.1 Å². The fourth-order valence-corrected chi connectivity index (χ4v) is 5.73. The van der Waals surface area contributed by atoms with E-state index >= 15 is 0 Å². The van der Waals surface area contributed by atoms with Crippen molar-refractivity contribution in [3.8, 4) is 5.75 Å². The number of aromatic nitrogens is 1. The molecular weight excluding hydrogens is 522 g/mol. The second-order valence-electron chi connectivity index (χ2n) is 9.19. The summed E-state index contributed by atoms with van der Waals surface area (Å²) in [5.41, 5.74) is 3.19. The van der Waals surface area contributed by atoms with E-state index in [0.29, 0.717) is 31.4 Å². The number of halogens is 1. The molecule has 1 aromatic heterocycles. The van der Waals surface area contributed by atoms with Crippen molar-refractivity contribution in [1.29, 1.82) is 0 Å². The summed E-state index contributed by atoms with van der Waals surface area (Å²) >= 11 is 7.42. The number of hydrogen-bond donors (Lipinski definition) is 0. The number of esters is 1. The first-order valence-electron chi connectivity index (χ1n) is 12.6. The van der Waals surface area contributed by atoms with Crippen LogP contribution in [0.25, 0.3) is 6.08 Å². The zero-order valence-electron chi connectivity index (χ0n) is 22.4. The molecule has 0 aliphatic carbocycles. The highest BCUT2D eigenvalue weighted by atomic mass is 35.5. The first kappa shape index (κ1) is 27.7. The maximum Gasteiger partial charge on any atom is 0.338 e. The van der Waals surface area contributed by atoms with E-state index < -0.39 is 12.0 Å². The van der Waals surface area contributed by atoms with Crippen LogP contribution in [0.1, 0.15) is 51.8 Å². The molecular formula is C29H32ClN3O4S. The normalized spacial score (nSPS) is 15.4. The number of rotatable bonds is 8. The minimum absolute atomic E-state index is 0.245. The Morgan fingerprint density at radius 3 is 2.47 bits per heavy atom. The Bertz CT molecular complexity index is 1550. The summed E-state index contributed by atoms with van der Waals surface area (Å²) in [6.07, 6.45) is 1.50. The second-order valence-corrected chi connectivity index (χ2v) is 10.6. The topological polar surface area (TPSA) is 73.1 Å². The number of thiazole rings is 1. The Hall–Kier alpha value is -3.36. The van der Waals surface area contributed by atoms with E-state index in [4.69, 9.17) is 21.1 Å². The monoisotopic (exact) mass is 553 g/mol. The van der Waals surface area contributed by atoms with E-state index in [0.717, 1.165) is 29.9 Å². The second kappa shape index (κ2) is 11.6. The molecule has 0 saturated heterocycles. The van der Waals surface area contributed by atoms with Gasteiger partial charge in [0.05, 0.1) is 35.1 Å². The van der Waals surface area contributed by atoms with Crippen molar-refractivity contribution in [2.45, 2.75) is 46.8 Å². The number of allylic oxidation sites excluding steroid dienone is 1. The van der Waals surface area contributed by atoms with Gasteiger partial charge in [-0.25, -0.2) is 9.79 Å².